The van der Waals surface area contributed by atoms with Crippen molar-refractivity contribution in [2.45, 2.75) is 24.9 Å². The molecular formula is C14H19N3S. The van der Waals surface area contributed by atoms with E-state index >= 15 is 0 Å². The summed E-state index contributed by atoms with van der Waals surface area (Å²) in [5.41, 5.74) is 2.54. The van der Waals surface area contributed by atoms with Gasteiger partial charge in [0.25, 0.3) is 0 Å². The summed E-state index contributed by atoms with van der Waals surface area (Å²) in [7, 11) is 1.96. The lowest BCUT2D eigenvalue weighted by molar-refractivity contribution is 0.643. The molecular weight excluding hydrogens is 242 g/mol. The van der Waals surface area contributed by atoms with E-state index in [0.717, 1.165) is 18.8 Å². The number of hydrogen-bond donors (Lipinski definition) is 1. The lowest BCUT2D eigenvalue weighted by Crippen LogP contribution is -2.08. The molecule has 1 heterocycles. The van der Waals surface area contributed by atoms with Gasteiger partial charge in [-0.05, 0) is 26.1 Å². The first-order valence-corrected chi connectivity index (χ1v) is 7.13. The lowest BCUT2D eigenvalue weighted by atomic mass is 10.2. The maximum atomic E-state index is 4.43. The van der Waals surface area contributed by atoms with Gasteiger partial charge in [0.05, 0.1) is 12.7 Å². The molecule has 4 heteroatoms. The average Bonchev–Trinajstić information content (AvgIpc) is 2.73. The zero-order valence-corrected chi connectivity index (χ0v) is 11.7. The number of benzene rings is 1. The van der Waals surface area contributed by atoms with Gasteiger partial charge in [0.2, 0.25) is 0 Å². The maximum absolute atomic E-state index is 4.43. The summed E-state index contributed by atoms with van der Waals surface area (Å²) < 4.78 is 2.09. The Labute approximate surface area is 113 Å². The highest BCUT2D eigenvalue weighted by Crippen LogP contribution is 2.17. The van der Waals surface area contributed by atoms with Crippen molar-refractivity contribution in [3.05, 3.63) is 47.8 Å². The topological polar surface area (TPSA) is 29.9 Å². The summed E-state index contributed by atoms with van der Waals surface area (Å²) in [5.74, 6) is 1.05. The van der Waals surface area contributed by atoms with Crippen LogP contribution >= 0.6 is 11.8 Å². The Kier molecular flexibility index (Phi) is 4.84. The van der Waals surface area contributed by atoms with E-state index in [0.29, 0.717) is 0 Å². The smallest absolute Gasteiger partial charge is 0.0537 e. The molecule has 3 nitrogen and oxygen atoms in total. The first-order valence-electron chi connectivity index (χ1n) is 6.15. The van der Waals surface area contributed by atoms with Crippen LogP contribution in [0, 0.1) is 6.92 Å². The second-order valence-corrected chi connectivity index (χ2v) is 5.34. The van der Waals surface area contributed by atoms with Crippen LogP contribution in [0.3, 0.4) is 0 Å². The van der Waals surface area contributed by atoms with E-state index in [1.165, 1.54) is 16.2 Å². The molecule has 0 atom stereocenters. The van der Waals surface area contributed by atoms with E-state index in [2.05, 4.69) is 46.3 Å². The Morgan fingerprint density at radius 2 is 2.06 bits per heavy atom. The van der Waals surface area contributed by atoms with Crippen molar-refractivity contribution in [3.8, 4) is 0 Å². The minimum Gasteiger partial charge on any atom is -0.316 e. The standard InChI is InChI=1S/C14H19N3S/c1-12-13(10-15-2)11-16-17(12)8-9-18-14-6-4-3-5-7-14/h3-7,11,15H,8-10H2,1-2H3. The molecule has 2 rings (SSSR count). The fourth-order valence-electron chi connectivity index (χ4n) is 1.84. The molecule has 0 radical (unpaired) electrons. The Bertz CT molecular complexity index is 479. The molecule has 96 valence electrons. The van der Waals surface area contributed by atoms with Gasteiger partial charge < -0.3 is 5.32 Å². The van der Waals surface area contributed by atoms with E-state index in [1.54, 1.807) is 0 Å². The molecule has 1 N–H and O–H groups in total. The van der Waals surface area contributed by atoms with E-state index in [9.17, 15) is 0 Å². The van der Waals surface area contributed by atoms with Crippen LogP contribution in [0.5, 0.6) is 0 Å². The van der Waals surface area contributed by atoms with Gasteiger partial charge in [-0.25, -0.2) is 0 Å². The van der Waals surface area contributed by atoms with Crippen molar-refractivity contribution in [2.24, 2.45) is 0 Å². The van der Waals surface area contributed by atoms with Crippen molar-refractivity contribution in [1.29, 1.82) is 0 Å². The molecule has 1 aromatic heterocycles. The SMILES string of the molecule is CNCc1cnn(CCSc2ccccc2)c1C. The summed E-state index contributed by atoms with van der Waals surface area (Å²) in [6.07, 6.45) is 1.96. The first kappa shape index (κ1) is 13.2. The number of aryl methyl sites for hydroxylation is 1. The van der Waals surface area contributed by atoms with E-state index < -0.39 is 0 Å². The van der Waals surface area contributed by atoms with E-state index in [-0.39, 0.29) is 0 Å². The van der Waals surface area contributed by atoms with Crippen LogP contribution in [0.2, 0.25) is 0 Å². The number of nitrogens with zero attached hydrogens (tertiary/aromatic N) is 2. The number of rotatable bonds is 6. The molecule has 0 aliphatic carbocycles. The predicted octanol–water partition coefficient (Wildman–Crippen LogP) is 2.70. The van der Waals surface area contributed by atoms with Gasteiger partial charge in [-0.3, -0.25) is 4.68 Å². The van der Waals surface area contributed by atoms with Crippen LogP contribution < -0.4 is 5.32 Å². The second-order valence-electron chi connectivity index (χ2n) is 4.17. The van der Waals surface area contributed by atoms with Gasteiger partial charge in [0.15, 0.2) is 0 Å². The molecule has 1 aromatic carbocycles. The Morgan fingerprint density at radius 3 is 2.78 bits per heavy atom. The zero-order valence-electron chi connectivity index (χ0n) is 10.9. The normalized spacial score (nSPS) is 10.8. The number of thioether (sulfide) groups is 1. The van der Waals surface area contributed by atoms with Gasteiger partial charge in [0.1, 0.15) is 0 Å². The third-order valence-corrected chi connectivity index (χ3v) is 3.88. The molecule has 0 saturated carbocycles. The van der Waals surface area contributed by atoms with Crippen LogP contribution in [0.25, 0.3) is 0 Å². The van der Waals surface area contributed by atoms with Gasteiger partial charge >= 0.3 is 0 Å². The third-order valence-electron chi connectivity index (χ3n) is 2.89. The summed E-state index contributed by atoms with van der Waals surface area (Å²) in [6.45, 7) is 3.97. The van der Waals surface area contributed by atoms with Crippen LogP contribution in [0.1, 0.15) is 11.3 Å². The van der Waals surface area contributed by atoms with Crippen molar-refractivity contribution in [2.75, 3.05) is 12.8 Å². The Morgan fingerprint density at radius 1 is 1.28 bits per heavy atom. The molecule has 0 bridgehead atoms. The Hall–Kier alpha value is -1.26. The molecule has 0 aliphatic heterocycles. The quantitative estimate of drug-likeness (QED) is 0.811. The number of aromatic nitrogens is 2. The minimum atomic E-state index is 0.887. The highest BCUT2D eigenvalue weighted by atomic mass is 32.2. The molecule has 18 heavy (non-hydrogen) atoms. The largest absolute Gasteiger partial charge is 0.316 e. The first-order chi connectivity index (χ1) is 8.81. The Balaban J connectivity index is 1.87. The van der Waals surface area contributed by atoms with E-state index in [1.807, 2.05) is 31.1 Å². The number of hydrogen-bond acceptors (Lipinski definition) is 3. The summed E-state index contributed by atoms with van der Waals surface area (Å²) in [6, 6.07) is 10.5. The maximum Gasteiger partial charge on any atom is 0.0537 e. The van der Waals surface area contributed by atoms with Gasteiger partial charge in [-0.2, -0.15) is 5.10 Å². The average molecular weight is 261 g/mol. The van der Waals surface area contributed by atoms with E-state index in [4.69, 9.17) is 0 Å². The number of nitrogens with one attached hydrogen (secondary N) is 1. The molecule has 0 aliphatic rings. The van der Waals surface area contributed by atoms with Gasteiger partial charge in [-0.1, -0.05) is 18.2 Å². The van der Waals surface area contributed by atoms with Crippen LogP contribution in [-0.2, 0) is 13.1 Å². The highest BCUT2D eigenvalue weighted by Gasteiger charge is 2.05. The molecule has 0 unspecified atom stereocenters. The molecule has 0 fully saturated rings. The van der Waals surface area contributed by atoms with Crippen LogP contribution in [-0.4, -0.2) is 22.6 Å². The molecule has 0 saturated heterocycles. The van der Waals surface area contributed by atoms with Crippen LogP contribution in [0.4, 0.5) is 0 Å². The monoisotopic (exact) mass is 261 g/mol. The summed E-state index contributed by atoms with van der Waals surface area (Å²) in [4.78, 5) is 1.32. The fraction of sp³-hybridized carbons (Fsp3) is 0.357. The lowest BCUT2D eigenvalue weighted by Gasteiger charge is -2.05. The van der Waals surface area contributed by atoms with Crippen molar-refractivity contribution in [1.82, 2.24) is 15.1 Å². The second kappa shape index (κ2) is 6.61. The van der Waals surface area contributed by atoms with Gasteiger partial charge in [0, 0.05) is 28.5 Å². The third kappa shape index (κ3) is 3.37. The van der Waals surface area contributed by atoms with Crippen LogP contribution in [0.15, 0.2) is 41.4 Å². The summed E-state index contributed by atoms with van der Waals surface area (Å²) >= 11 is 1.87. The predicted molar refractivity (Wildman–Crippen MR) is 76.9 cm³/mol. The van der Waals surface area contributed by atoms with Gasteiger partial charge in [-0.15, -0.1) is 11.8 Å². The van der Waals surface area contributed by atoms with Crippen molar-refractivity contribution >= 4 is 11.8 Å². The van der Waals surface area contributed by atoms with Crippen molar-refractivity contribution in [3.63, 3.8) is 0 Å². The highest BCUT2D eigenvalue weighted by molar-refractivity contribution is 7.99. The molecule has 0 amide bonds. The zero-order chi connectivity index (χ0) is 12.8. The molecule has 0 spiro atoms. The summed E-state index contributed by atoms with van der Waals surface area (Å²) in [5, 5.41) is 7.59. The minimum absolute atomic E-state index is 0.887. The van der Waals surface area contributed by atoms with Crippen molar-refractivity contribution < 1.29 is 0 Å². The molecule has 2 aromatic rings. The fourth-order valence-corrected chi connectivity index (χ4v) is 2.69.